The molecule has 0 bridgehead atoms. The summed E-state index contributed by atoms with van der Waals surface area (Å²) < 4.78 is 11.8. The van der Waals surface area contributed by atoms with Crippen molar-refractivity contribution in [2.75, 3.05) is 20.8 Å². The summed E-state index contributed by atoms with van der Waals surface area (Å²) in [4.78, 5) is 0. The van der Waals surface area contributed by atoms with Crippen molar-refractivity contribution in [3.05, 3.63) is 0 Å². The van der Waals surface area contributed by atoms with Gasteiger partial charge in [0.05, 0.1) is 11.7 Å². The van der Waals surface area contributed by atoms with E-state index in [1.54, 1.807) is 0 Å². The Hall–Kier alpha value is -0.120. The van der Waals surface area contributed by atoms with Gasteiger partial charge in [-0.1, -0.05) is 25.7 Å². The van der Waals surface area contributed by atoms with E-state index in [4.69, 9.17) is 9.47 Å². The SMILES string of the molecule is CNC(CCCC1CCCO1)C1(OC)CCCCCC1. The molecule has 2 aliphatic rings. The second-order valence-electron chi connectivity index (χ2n) is 6.59. The lowest BCUT2D eigenvalue weighted by Crippen LogP contribution is -2.50. The Morgan fingerprint density at radius 1 is 1.20 bits per heavy atom. The zero-order valence-electron chi connectivity index (χ0n) is 13.5. The van der Waals surface area contributed by atoms with Crippen LogP contribution in [0.4, 0.5) is 0 Å². The van der Waals surface area contributed by atoms with E-state index in [-0.39, 0.29) is 5.60 Å². The van der Waals surface area contributed by atoms with Crippen molar-refractivity contribution < 1.29 is 9.47 Å². The fourth-order valence-electron chi connectivity index (χ4n) is 4.11. The van der Waals surface area contributed by atoms with Gasteiger partial charge in [0.15, 0.2) is 0 Å². The molecule has 2 unspecified atom stereocenters. The van der Waals surface area contributed by atoms with E-state index in [2.05, 4.69) is 12.4 Å². The molecule has 0 radical (unpaired) electrons. The van der Waals surface area contributed by atoms with Crippen molar-refractivity contribution in [2.24, 2.45) is 0 Å². The van der Waals surface area contributed by atoms with Crippen LogP contribution in [0.2, 0.25) is 0 Å². The van der Waals surface area contributed by atoms with Gasteiger partial charge in [0.25, 0.3) is 0 Å². The normalized spacial score (nSPS) is 28.2. The second-order valence-corrected chi connectivity index (χ2v) is 6.59. The van der Waals surface area contributed by atoms with Crippen LogP contribution in [0.25, 0.3) is 0 Å². The van der Waals surface area contributed by atoms with E-state index in [0.29, 0.717) is 12.1 Å². The lowest BCUT2D eigenvalue weighted by Gasteiger charge is -2.39. The van der Waals surface area contributed by atoms with Crippen molar-refractivity contribution in [1.29, 1.82) is 0 Å². The van der Waals surface area contributed by atoms with Crippen molar-refractivity contribution >= 4 is 0 Å². The summed E-state index contributed by atoms with van der Waals surface area (Å²) in [5, 5.41) is 3.55. The van der Waals surface area contributed by atoms with Crippen molar-refractivity contribution in [3.8, 4) is 0 Å². The summed E-state index contributed by atoms with van der Waals surface area (Å²) >= 11 is 0. The number of nitrogens with one attached hydrogen (secondary N) is 1. The van der Waals surface area contributed by atoms with Gasteiger partial charge in [-0.2, -0.15) is 0 Å². The standard InChI is InChI=1S/C17H33NO2/c1-18-16(11-7-9-15-10-8-14-20-15)17(19-2)12-5-3-4-6-13-17/h15-16,18H,3-14H2,1-2H3. The third-order valence-electron chi connectivity index (χ3n) is 5.38. The molecule has 1 aliphatic carbocycles. The minimum absolute atomic E-state index is 0.0712. The fourth-order valence-corrected chi connectivity index (χ4v) is 4.11. The van der Waals surface area contributed by atoms with Crippen molar-refractivity contribution in [2.45, 2.75) is 88.4 Å². The van der Waals surface area contributed by atoms with Gasteiger partial charge in [-0.15, -0.1) is 0 Å². The van der Waals surface area contributed by atoms with Crippen LogP contribution in [-0.2, 0) is 9.47 Å². The maximum atomic E-state index is 6.04. The highest BCUT2D eigenvalue weighted by Gasteiger charge is 2.38. The molecule has 2 fully saturated rings. The average molecular weight is 283 g/mol. The quantitative estimate of drug-likeness (QED) is 0.723. The summed E-state index contributed by atoms with van der Waals surface area (Å²) in [6, 6.07) is 0.493. The molecule has 0 spiro atoms. The zero-order chi connectivity index (χ0) is 14.3. The molecule has 0 aromatic heterocycles. The molecule has 2 atom stereocenters. The number of rotatable bonds is 7. The van der Waals surface area contributed by atoms with Gasteiger partial charge in [-0.3, -0.25) is 0 Å². The topological polar surface area (TPSA) is 30.5 Å². The van der Waals surface area contributed by atoms with Gasteiger partial charge in [-0.05, 0) is 52.0 Å². The highest BCUT2D eigenvalue weighted by atomic mass is 16.5. The summed E-state index contributed by atoms with van der Waals surface area (Å²) in [6.45, 7) is 0.974. The molecule has 1 N–H and O–H groups in total. The Morgan fingerprint density at radius 2 is 1.95 bits per heavy atom. The molecule has 118 valence electrons. The van der Waals surface area contributed by atoms with Gasteiger partial charge < -0.3 is 14.8 Å². The third-order valence-corrected chi connectivity index (χ3v) is 5.38. The highest BCUT2D eigenvalue weighted by molar-refractivity contribution is 4.94. The van der Waals surface area contributed by atoms with Gasteiger partial charge in [0.2, 0.25) is 0 Å². The Morgan fingerprint density at radius 3 is 2.50 bits per heavy atom. The molecule has 0 aromatic rings. The number of hydrogen-bond acceptors (Lipinski definition) is 3. The molecule has 1 saturated carbocycles. The third kappa shape index (κ3) is 4.19. The molecular formula is C17H33NO2. The Balaban J connectivity index is 1.83. The van der Waals surface area contributed by atoms with Crippen LogP contribution in [-0.4, -0.2) is 38.5 Å². The van der Waals surface area contributed by atoms with Gasteiger partial charge >= 0.3 is 0 Å². The monoisotopic (exact) mass is 283 g/mol. The number of likely N-dealkylation sites (N-methyl/N-ethyl adjacent to an activating group) is 1. The lowest BCUT2D eigenvalue weighted by atomic mass is 9.83. The first kappa shape index (κ1) is 16.3. The predicted molar refractivity (Wildman–Crippen MR) is 83.1 cm³/mol. The van der Waals surface area contributed by atoms with Crippen LogP contribution >= 0.6 is 0 Å². The number of hydrogen-bond donors (Lipinski definition) is 1. The van der Waals surface area contributed by atoms with E-state index < -0.39 is 0 Å². The van der Waals surface area contributed by atoms with Crippen LogP contribution in [0.5, 0.6) is 0 Å². The molecule has 20 heavy (non-hydrogen) atoms. The largest absolute Gasteiger partial charge is 0.378 e. The van der Waals surface area contributed by atoms with E-state index >= 15 is 0 Å². The Labute approximate surface area is 124 Å². The molecule has 1 aliphatic heterocycles. The van der Waals surface area contributed by atoms with Crippen molar-refractivity contribution in [3.63, 3.8) is 0 Å². The van der Waals surface area contributed by atoms with E-state index in [9.17, 15) is 0 Å². The Kier molecular flexibility index (Phi) is 6.79. The molecule has 1 saturated heterocycles. The van der Waals surface area contributed by atoms with Crippen LogP contribution in [0.15, 0.2) is 0 Å². The van der Waals surface area contributed by atoms with Crippen LogP contribution in [0.3, 0.4) is 0 Å². The van der Waals surface area contributed by atoms with E-state index in [1.807, 2.05) is 7.11 Å². The van der Waals surface area contributed by atoms with Gasteiger partial charge in [0, 0.05) is 19.8 Å². The predicted octanol–water partition coefficient (Wildman–Crippen LogP) is 3.66. The maximum absolute atomic E-state index is 6.04. The first-order valence-electron chi connectivity index (χ1n) is 8.65. The first-order chi connectivity index (χ1) is 9.80. The molecular weight excluding hydrogens is 250 g/mol. The van der Waals surface area contributed by atoms with Crippen molar-refractivity contribution in [1.82, 2.24) is 5.32 Å². The lowest BCUT2D eigenvalue weighted by molar-refractivity contribution is -0.0541. The van der Waals surface area contributed by atoms with Gasteiger partial charge in [0.1, 0.15) is 0 Å². The maximum Gasteiger partial charge on any atom is 0.0830 e. The first-order valence-corrected chi connectivity index (χ1v) is 8.65. The summed E-state index contributed by atoms with van der Waals surface area (Å²) in [5.74, 6) is 0. The minimum Gasteiger partial charge on any atom is -0.378 e. The Bertz CT molecular complexity index is 256. The fraction of sp³-hybridized carbons (Fsp3) is 1.00. The van der Waals surface area contributed by atoms with E-state index in [0.717, 1.165) is 6.61 Å². The van der Waals surface area contributed by atoms with Gasteiger partial charge in [-0.25, -0.2) is 0 Å². The average Bonchev–Trinajstić information content (AvgIpc) is 2.87. The highest BCUT2D eigenvalue weighted by Crippen LogP contribution is 2.35. The molecule has 0 amide bonds. The second kappa shape index (κ2) is 8.35. The molecule has 0 aromatic carbocycles. The van der Waals surface area contributed by atoms with Crippen LogP contribution < -0.4 is 5.32 Å². The van der Waals surface area contributed by atoms with Crippen LogP contribution in [0, 0.1) is 0 Å². The number of ether oxygens (including phenoxy) is 2. The molecule has 3 nitrogen and oxygen atoms in total. The molecule has 3 heteroatoms. The summed E-state index contributed by atoms with van der Waals surface area (Å²) in [7, 11) is 4.01. The zero-order valence-corrected chi connectivity index (χ0v) is 13.5. The minimum atomic E-state index is 0.0712. The summed E-state index contributed by atoms with van der Waals surface area (Å²) in [6.07, 6.45) is 14.5. The van der Waals surface area contributed by atoms with Crippen LogP contribution in [0.1, 0.15) is 70.6 Å². The summed E-state index contributed by atoms with van der Waals surface area (Å²) in [5.41, 5.74) is 0.0712. The number of methoxy groups -OCH3 is 1. The smallest absolute Gasteiger partial charge is 0.0830 e. The van der Waals surface area contributed by atoms with E-state index in [1.165, 1.54) is 70.6 Å². The molecule has 1 heterocycles. The molecule has 2 rings (SSSR count).